The predicted molar refractivity (Wildman–Crippen MR) is 75.6 cm³/mol. The van der Waals surface area contributed by atoms with E-state index in [1.165, 1.54) is 38.6 Å². The van der Waals surface area contributed by atoms with Gasteiger partial charge in [-0.3, -0.25) is 0 Å². The van der Waals surface area contributed by atoms with Crippen LogP contribution in [0.1, 0.15) is 31.9 Å². The molecule has 0 aliphatic heterocycles. The molecule has 0 nitrogen and oxygen atoms in total. The molecule has 0 radical (unpaired) electrons. The molecular weight excluding hydrogens is 208 g/mol. The van der Waals surface area contributed by atoms with Gasteiger partial charge in [0.2, 0.25) is 0 Å². The quantitative estimate of drug-likeness (QED) is 0.683. The Hall–Kier alpha value is -1.08. The van der Waals surface area contributed by atoms with E-state index < -0.39 is 0 Å². The maximum absolute atomic E-state index is 2.38. The van der Waals surface area contributed by atoms with E-state index in [1.54, 1.807) is 5.57 Å². The van der Waals surface area contributed by atoms with Crippen LogP contribution in [0.25, 0.3) is 5.57 Å². The summed E-state index contributed by atoms with van der Waals surface area (Å²) in [4.78, 5) is 0. The van der Waals surface area contributed by atoms with E-state index in [4.69, 9.17) is 0 Å². The molecule has 0 aromatic heterocycles. The highest BCUT2D eigenvalue weighted by Gasteiger charge is 2.20. The topological polar surface area (TPSA) is 0 Å². The Bertz CT molecular complexity index is 466. The maximum atomic E-state index is 2.38. The average Bonchev–Trinajstić information content (AvgIpc) is 2.53. The molecule has 1 unspecified atom stereocenters. The second-order valence-corrected chi connectivity index (χ2v) is 5.39. The number of hydrogen-bond acceptors (Lipinski definition) is 0. The summed E-state index contributed by atoms with van der Waals surface area (Å²) < 4.78 is 0. The fourth-order valence-corrected chi connectivity index (χ4v) is 3.29. The third kappa shape index (κ3) is 1.80. The molecule has 0 saturated heterocycles. The Morgan fingerprint density at radius 2 is 1.88 bits per heavy atom. The Balaban J connectivity index is 2.54. The van der Waals surface area contributed by atoms with Crippen LogP contribution in [0.4, 0.5) is 0 Å². The van der Waals surface area contributed by atoms with Crippen LogP contribution in [0.3, 0.4) is 0 Å². The van der Waals surface area contributed by atoms with E-state index in [0.29, 0.717) is 5.92 Å². The lowest BCUT2D eigenvalue weighted by Gasteiger charge is -2.14. The van der Waals surface area contributed by atoms with E-state index in [9.17, 15) is 0 Å². The lowest BCUT2D eigenvalue weighted by molar-refractivity contribution is 0.972. The Morgan fingerprint density at radius 1 is 1.19 bits per heavy atom. The third-order valence-electron chi connectivity index (χ3n) is 3.64. The van der Waals surface area contributed by atoms with Crippen molar-refractivity contribution in [1.82, 2.24) is 0 Å². The van der Waals surface area contributed by atoms with Gasteiger partial charge in [0.15, 0.2) is 0 Å². The summed E-state index contributed by atoms with van der Waals surface area (Å²) in [6.45, 7) is 6.79. The molecule has 0 saturated carbocycles. The van der Waals surface area contributed by atoms with Crippen LogP contribution >= 0.6 is 0 Å². The van der Waals surface area contributed by atoms with Crippen molar-refractivity contribution in [2.45, 2.75) is 26.8 Å². The van der Waals surface area contributed by atoms with Gasteiger partial charge in [0.05, 0.1) is 0 Å². The number of hydrogen-bond donors (Lipinski definition) is 0. The van der Waals surface area contributed by atoms with Gasteiger partial charge in [0.25, 0.3) is 0 Å². The van der Waals surface area contributed by atoms with Crippen LogP contribution in [-0.2, 0) is 6.04 Å². The molecule has 1 aromatic carbocycles. The highest BCUT2D eigenvalue weighted by Crippen LogP contribution is 2.38. The zero-order valence-corrected chi connectivity index (χ0v) is 12.7. The Labute approximate surface area is 102 Å². The van der Waals surface area contributed by atoms with Gasteiger partial charge >= 0.3 is 0 Å². The maximum Gasteiger partial charge on any atom is 0.00836 e. The molecule has 0 bridgehead atoms. The molecule has 1 atom stereocenters. The van der Waals surface area contributed by atoms with Gasteiger partial charge in [-0.25, -0.2) is 0 Å². The van der Waals surface area contributed by atoms with Crippen LogP contribution in [0.15, 0.2) is 41.5 Å². The third-order valence-corrected chi connectivity index (χ3v) is 4.40. The molecule has 0 heterocycles. The van der Waals surface area contributed by atoms with Gasteiger partial charge in [-0.2, -0.15) is 0 Å². The average molecular weight is 228 g/mol. The summed E-state index contributed by atoms with van der Waals surface area (Å²) in [5, 5.41) is 0. The Kier molecular flexibility index (Phi) is 3.15. The summed E-state index contributed by atoms with van der Waals surface area (Å²) >= 11 is 0. The number of rotatable bonds is 2. The van der Waals surface area contributed by atoms with Gasteiger partial charge in [0.1, 0.15) is 0 Å². The smallest absolute Gasteiger partial charge is 0.00836 e. The van der Waals surface area contributed by atoms with Crippen molar-refractivity contribution < 1.29 is 0 Å². The van der Waals surface area contributed by atoms with Crippen LogP contribution in [-0.4, -0.2) is 10.2 Å². The first-order valence-electron chi connectivity index (χ1n) is 6.13. The summed E-state index contributed by atoms with van der Waals surface area (Å²) in [5.74, 6) is 0.578. The first-order chi connectivity index (χ1) is 7.65. The standard InChI is InChI=1S/C15H20Si/c1-10-8-11(2)15(12(10)3)14-7-5-4-6-13(14)9-16/h4-8,11H,9H2,1-3,16H3. The van der Waals surface area contributed by atoms with E-state index in [0.717, 1.165) is 0 Å². The van der Waals surface area contributed by atoms with E-state index in [1.807, 2.05) is 0 Å². The monoisotopic (exact) mass is 228 g/mol. The van der Waals surface area contributed by atoms with Crippen molar-refractivity contribution in [2.75, 3.05) is 0 Å². The van der Waals surface area contributed by atoms with Gasteiger partial charge in [-0.15, -0.1) is 0 Å². The molecule has 84 valence electrons. The van der Waals surface area contributed by atoms with Crippen LogP contribution < -0.4 is 0 Å². The Morgan fingerprint density at radius 3 is 2.44 bits per heavy atom. The highest BCUT2D eigenvalue weighted by atomic mass is 28.1. The van der Waals surface area contributed by atoms with Crippen LogP contribution in [0.2, 0.25) is 0 Å². The minimum atomic E-state index is 0.578. The van der Waals surface area contributed by atoms with Crippen molar-refractivity contribution in [2.24, 2.45) is 5.92 Å². The molecule has 1 heteroatoms. The molecular formula is C15H20Si. The van der Waals surface area contributed by atoms with Crippen molar-refractivity contribution in [3.8, 4) is 0 Å². The molecule has 0 fully saturated rings. The van der Waals surface area contributed by atoms with Crippen molar-refractivity contribution in [3.05, 3.63) is 52.6 Å². The van der Waals surface area contributed by atoms with E-state index in [-0.39, 0.29) is 0 Å². The summed E-state index contributed by atoms with van der Waals surface area (Å²) in [6, 6.07) is 10.1. The first kappa shape index (κ1) is 11.4. The lowest BCUT2D eigenvalue weighted by atomic mass is 9.91. The van der Waals surface area contributed by atoms with Gasteiger partial charge in [-0.05, 0) is 42.2 Å². The second-order valence-electron chi connectivity index (χ2n) is 4.69. The van der Waals surface area contributed by atoms with Gasteiger partial charge in [-0.1, -0.05) is 42.8 Å². The molecule has 2 rings (SSSR count). The largest absolute Gasteiger partial charge is 0.0740 e. The van der Waals surface area contributed by atoms with E-state index in [2.05, 4.69) is 51.1 Å². The van der Waals surface area contributed by atoms with Crippen molar-refractivity contribution in [3.63, 3.8) is 0 Å². The van der Waals surface area contributed by atoms with Gasteiger partial charge in [0, 0.05) is 16.2 Å². The predicted octanol–water partition coefficient (Wildman–Crippen LogP) is 2.92. The molecule has 0 spiro atoms. The SMILES string of the molecule is CC1=CC(C)C(c2ccccc2C[SiH3])=C1C. The molecule has 0 amide bonds. The molecule has 1 aliphatic rings. The van der Waals surface area contributed by atoms with Crippen molar-refractivity contribution in [1.29, 1.82) is 0 Å². The lowest BCUT2D eigenvalue weighted by Crippen LogP contribution is -1.98. The van der Waals surface area contributed by atoms with Crippen LogP contribution in [0.5, 0.6) is 0 Å². The number of allylic oxidation sites excluding steroid dienone is 4. The van der Waals surface area contributed by atoms with E-state index >= 15 is 0 Å². The highest BCUT2D eigenvalue weighted by molar-refractivity contribution is 6.08. The minimum Gasteiger partial charge on any atom is -0.0740 e. The molecule has 16 heavy (non-hydrogen) atoms. The first-order valence-corrected chi connectivity index (χ1v) is 7.54. The molecule has 0 N–H and O–H groups in total. The van der Waals surface area contributed by atoms with Crippen molar-refractivity contribution >= 4 is 15.8 Å². The fraction of sp³-hybridized carbons (Fsp3) is 0.333. The second kappa shape index (κ2) is 4.42. The summed E-state index contributed by atoms with van der Waals surface area (Å²) in [6.07, 6.45) is 2.38. The zero-order valence-electron chi connectivity index (χ0n) is 10.7. The number of benzene rings is 1. The fourth-order valence-electron chi connectivity index (χ4n) is 2.68. The minimum absolute atomic E-state index is 0.578. The van der Waals surface area contributed by atoms with Gasteiger partial charge < -0.3 is 0 Å². The zero-order chi connectivity index (χ0) is 11.7. The normalized spacial score (nSPS) is 20.4. The summed E-state index contributed by atoms with van der Waals surface area (Å²) in [7, 11) is 1.24. The summed E-state index contributed by atoms with van der Waals surface area (Å²) in [5.41, 5.74) is 7.48. The van der Waals surface area contributed by atoms with Crippen LogP contribution in [0, 0.1) is 5.92 Å². The molecule has 1 aromatic rings. The molecule has 1 aliphatic carbocycles.